The van der Waals surface area contributed by atoms with E-state index >= 15 is 0 Å². The van der Waals surface area contributed by atoms with Crippen molar-refractivity contribution in [3.63, 3.8) is 0 Å². The van der Waals surface area contributed by atoms with E-state index in [-0.39, 0.29) is 17.3 Å². The van der Waals surface area contributed by atoms with E-state index in [4.69, 9.17) is 9.26 Å². The third-order valence-electron chi connectivity index (χ3n) is 5.41. The number of carboxylic acid groups (broad SMARTS) is 1. The van der Waals surface area contributed by atoms with Gasteiger partial charge in [0, 0.05) is 5.56 Å². The Morgan fingerprint density at radius 3 is 2.10 bits per heavy atom. The Labute approximate surface area is 168 Å². The highest BCUT2D eigenvalue weighted by atomic mass is 16.5. The summed E-state index contributed by atoms with van der Waals surface area (Å²) in [4.78, 5) is 23.7. The van der Waals surface area contributed by atoms with E-state index in [0.717, 1.165) is 29.5 Å². The molecule has 1 aliphatic carbocycles. The number of nitrogens with zero attached hydrogens (tertiary/aromatic N) is 1. The smallest absolute Gasteiger partial charge is 0.341 e. The average molecular weight is 391 g/mol. The van der Waals surface area contributed by atoms with Crippen molar-refractivity contribution < 1.29 is 24.0 Å². The van der Waals surface area contributed by atoms with E-state index in [1.807, 2.05) is 55.5 Å². The van der Waals surface area contributed by atoms with E-state index in [1.54, 1.807) is 6.92 Å². The van der Waals surface area contributed by atoms with Gasteiger partial charge in [0.25, 0.3) is 0 Å². The molecule has 4 rings (SSSR count). The fourth-order valence-corrected chi connectivity index (χ4v) is 3.62. The molecule has 1 fully saturated rings. The standard InChI is InChI=1S/C23H21NO5/c1-3-28-22(27)23(12-13-23)18-10-8-16(9-11-18)15-4-6-17(7-5-15)20-19(21(25)26)14(2)24-29-20/h4-11H,3,12-13H2,1-2H3,(H,25,26). The van der Waals surface area contributed by atoms with Crippen LogP contribution in [-0.4, -0.2) is 28.8 Å². The summed E-state index contributed by atoms with van der Waals surface area (Å²) in [5.41, 5.74) is 3.58. The first-order valence-electron chi connectivity index (χ1n) is 9.54. The second-order valence-electron chi connectivity index (χ2n) is 7.23. The SMILES string of the molecule is CCOC(=O)C1(c2ccc(-c3ccc(-c4onc(C)c4C(=O)O)cc3)cc2)CC1. The molecule has 148 valence electrons. The number of ether oxygens (including phenoxy) is 1. The zero-order valence-corrected chi connectivity index (χ0v) is 16.3. The van der Waals surface area contributed by atoms with Crippen LogP contribution in [0.15, 0.2) is 53.1 Å². The van der Waals surface area contributed by atoms with Crippen molar-refractivity contribution in [3.8, 4) is 22.5 Å². The molecule has 6 heteroatoms. The fraction of sp³-hybridized carbons (Fsp3) is 0.261. The molecule has 29 heavy (non-hydrogen) atoms. The maximum absolute atomic E-state index is 12.3. The molecule has 0 amide bonds. The molecule has 0 unspecified atom stereocenters. The summed E-state index contributed by atoms with van der Waals surface area (Å²) in [5.74, 6) is -0.954. The lowest BCUT2D eigenvalue weighted by molar-refractivity contribution is -0.146. The minimum Gasteiger partial charge on any atom is -0.477 e. The summed E-state index contributed by atoms with van der Waals surface area (Å²) in [6.45, 7) is 3.81. The first kappa shape index (κ1) is 18.9. The molecule has 1 aromatic heterocycles. The van der Waals surface area contributed by atoms with Crippen LogP contribution in [0.2, 0.25) is 0 Å². The quantitative estimate of drug-likeness (QED) is 0.617. The molecule has 1 aliphatic rings. The molecule has 0 saturated heterocycles. The molecular weight excluding hydrogens is 370 g/mol. The summed E-state index contributed by atoms with van der Waals surface area (Å²) in [6, 6.07) is 15.4. The van der Waals surface area contributed by atoms with Gasteiger partial charge in [-0.25, -0.2) is 4.79 Å². The van der Waals surface area contributed by atoms with Crippen molar-refractivity contribution in [2.24, 2.45) is 0 Å². The number of benzene rings is 2. The van der Waals surface area contributed by atoms with Crippen LogP contribution in [-0.2, 0) is 14.9 Å². The normalized spacial score (nSPS) is 14.4. The summed E-state index contributed by atoms with van der Waals surface area (Å²) >= 11 is 0. The van der Waals surface area contributed by atoms with Gasteiger partial charge in [-0.3, -0.25) is 4.79 Å². The van der Waals surface area contributed by atoms with Gasteiger partial charge in [0.15, 0.2) is 5.76 Å². The van der Waals surface area contributed by atoms with Crippen LogP contribution in [0.1, 0.15) is 41.4 Å². The van der Waals surface area contributed by atoms with Crippen molar-refractivity contribution in [3.05, 3.63) is 65.4 Å². The molecule has 0 aliphatic heterocycles. The lowest BCUT2D eigenvalue weighted by Crippen LogP contribution is -2.23. The highest BCUT2D eigenvalue weighted by Gasteiger charge is 2.52. The van der Waals surface area contributed by atoms with Crippen molar-refractivity contribution in [2.45, 2.75) is 32.1 Å². The van der Waals surface area contributed by atoms with Crippen molar-refractivity contribution in [2.75, 3.05) is 6.61 Å². The Morgan fingerprint density at radius 2 is 1.59 bits per heavy atom. The molecule has 6 nitrogen and oxygen atoms in total. The summed E-state index contributed by atoms with van der Waals surface area (Å²) in [5, 5.41) is 13.1. The van der Waals surface area contributed by atoms with E-state index < -0.39 is 11.4 Å². The number of carbonyl (C=O) groups excluding carboxylic acids is 1. The summed E-state index contributed by atoms with van der Waals surface area (Å²) in [6.07, 6.45) is 1.64. The Kier molecular flexibility index (Phi) is 4.70. The van der Waals surface area contributed by atoms with Gasteiger partial charge in [0.05, 0.1) is 17.7 Å². The fourth-order valence-electron chi connectivity index (χ4n) is 3.62. The van der Waals surface area contributed by atoms with Crippen molar-refractivity contribution >= 4 is 11.9 Å². The Morgan fingerprint density at radius 1 is 1.03 bits per heavy atom. The van der Waals surface area contributed by atoms with E-state index in [0.29, 0.717) is 17.9 Å². The molecule has 0 spiro atoms. The number of hydrogen-bond donors (Lipinski definition) is 1. The largest absolute Gasteiger partial charge is 0.477 e. The molecule has 0 radical (unpaired) electrons. The van der Waals surface area contributed by atoms with Crippen LogP contribution >= 0.6 is 0 Å². The number of hydrogen-bond acceptors (Lipinski definition) is 5. The summed E-state index contributed by atoms with van der Waals surface area (Å²) < 4.78 is 10.4. The van der Waals surface area contributed by atoms with Gasteiger partial charge in [0.1, 0.15) is 5.56 Å². The lowest BCUT2D eigenvalue weighted by atomic mass is 9.93. The number of aromatic carboxylic acids is 1. The first-order chi connectivity index (χ1) is 14.0. The third kappa shape index (κ3) is 3.31. The maximum atomic E-state index is 12.3. The van der Waals surface area contributed by atoms with E-state index in [1.165, 1.54) is 0 Å². The zero-order valence-electron chi connectivity index (χ0n) is 16.3. The highest BCUT2D eigenvalue weighted by Crippen LogP contribution is 2.49. The Balaban J connectivity index is 1.58. The van der Waals surface area contributed by atoms with E-state index in [2.05, 4.69) is 5.16 Å². The topological polar surface area (TPSA) is 89.6 Å². The summed E-state index contributed by atoms with van der Waals surface area (Å²) in [7, 11) is 0. The number of esters is 1. The van der Waals surface area contributed by atoms with Crippen LogP contribution in [0.3, 0.4) is 0 Å². The monoisotopic (exact) mass is 391 g/mol. The number of rotatable bonds is 6. The van der Waals surface area contributed by atoms with Gasteiger partial charge in [-0.15, -0.1) is 0 Å². The Bertz CT molecular complexity index is 1060. The van der Waals surface area contributed by atoms with Crippen LogP contribution in [0.25, 0.3) is 22.5 Å². The molecule has 1 heterocycles. The van der Waals surface area contributed by atoms with Crippen LogP contribution in [0.4, 0.5) is 0 Å². The van der Waals surface area contributed by atoms with Crippen molar-refractivity contribution in [1.29, 1.82) is 0 Å². The Hall–Kier alpha value is -3.41. The first-order valence-corrected chi connectivity index (χ1v) is 9.54. The highest BCUT2D eigenvalue weighted by molar-refractivity contribution is 5.95. The number of carbonyl (C=O) groups is 2. The number of aromatic nitrogens is 1. The van der Waals surface area contributed by atoms with Gasteiger partial charge in [0.2, 0.25) is 0 Å². The van der Waals surface area contributed by atoms with Crippen LogP contribution in [0, 0.1) is 6.92 Å². The van der Waals surface area contributed by atoms with Crippen LogP contribution in [0.5, 0.6) is 0 Å². The second-order valence-corrected chi connectivity index (χ2v) is 7.23. The average Bonchev–Trinajstić information content (AvgIpc) is 3.45. The van der Waals surface area contributed by atoms with Gasteiger partial charge < -0.3 is 14.4 Å². The number of carboxylic acids is 1. The minimum atomic E-state index is -1.06. The molecular formula is C23H21NO5. The van der Waals surface area contributed by atoms with Gasteiger partial charge in [-0.05, 0) is 43.4 Å². The van der Waals surface area contributed by atoms with Gasteiger partial charge in [-0.1, -0.05) is 53.7 Å². The molecule has 2 aromatic carbocycles. The minimum absolute atomic E-state index is 0.0794. The lowest BCUT2D eigenvalue weighted by Gasteiger charge is -2.14. The predicted molar refractivity (Wildman–Crippen MR) is 107 cm³/mol. The second kappa shape index (κ2) is 7.20. The molecule has 3 aromatic rings. The molecule has 1 N–H and O–H groups in total. The molecule has 0 atom stereocenters. The maximum Gasteiger partial charge on any atom is 0.341 e. The van der Waals surface area contributed by atoms with Gasteiger partial charge in [-0.2, -0.15) is 0 Å². The van der Waals surface area contributed by atoms with Crippen LogP contribution < -0.4 is 0 Å². The number of aryl methyl sites for hydroxylation is 1. The predicted octanol–water partition coefficient (Wildman–Crippen LogP) is 4.61. The van der Waals surface area contributed by atoms with Gasteiger partial charge >= 0.3 is 11.9 Å². The van der Waals surface area contributed by atoms with E-state index in [9.17, 15) is 14.7 Å². The van der Waals surface area contributed by atoms with Crippen molar-refractivity contribution in [1.82, 2.24) is 5.16 Å². The molecule has 1 saturated carbocycles. The molecule has 0 bridgehead atoms. The third-order valence-corrected chi connectivity index (χ3v) is 5.41. The zero-order chi connectivity index (χ0) is 20.6.